The van der Waals surface area contributed by atoms with E-state index in [2.05, 4.69) is 40.0 Å². The predicted molar refractivity (Wildman–Crippen MR) is 74.4 cm³/mol. The van der Waals surface area contributed by atoms with Gasteiger partial charge < -0.3 is 4.74 Å². The molecule has 0 bridgehead atoms. The lowest BCUT2D eigenvalue weighted by molar-refractivity contribution is 0.236. The lowest BCUT2D eigenvalue weighted by atomic mass is 10.1. The molecule has 0 heterocycles. The van der Waals surface area contributed by atoms with Gasteiger partial charge in [-0.1, -0.05) is 28.8 Å². The molecule has 1 aliphatic rings. The molecule has 17 heavy (non-hydrogen) atoms. The largest absolute Gasteiger partial charge is 0.497 e. The summed E-state index contributed by atoms with van der Waals surface area (Å²) in [6, 6.07) is 6.93. The second-order valence-electron chi connectivity index (χ2n) is 4.81. The van der Waals surface area contributed by atoms with Gasteiger partial charge in [-0.25, -0.2) is 0 Å². The van der Waals surface area contributed by atoms with E-state index in [-0.39, 0.29) is 0 Å². The first-order valence-electron chi connectivity index (χ1n) is 6.23. The van der Waals surface area contributed by atoms with Crippen molar-refractivity contribution >= 4 is 15.9 Å². The highest BCUT2D eigenvalue weighted by Crippen LogP contribution is 2.27. The molecule has 1 fully saturated rings. The molecule has 1 aliphatic carbocycles. The fourth-order valence-electron chi connectivity index (χ4n) is 2.54. The van der Waals surface area contributed by atoms with Crippen molar-refractivity contribution < 1.29 is 4.74 Å². The molecule has 0 N–H and O–H groups in total. The van der Waals surface area contributed by atoms with Crippen molar-refractivity contribution in [3.8, 4) is 5.75 Å². The summed E-state index contributed by atoms with van der Waals surface area (Å²) >= 11 is 3.61. The number of ether oxygens (including phenoxy) is 1. The first-order valence-corrected chi connectivity index (χ1v) is 7.02. The maximum Gasteiger partial charge on any atom is 0.119 e. The van der Waals surface area contributed by atoms with Crippen LogP contribution >= 0.6 is 15.9 Å². The Balaban J connectivity index is 2.06. The smallest absolute Gasteiger partial charge is 0.119 e. The minimum atomic E-state index is 0.758. The molecular formula is C14H20BrNO. The van der Waals surface area contributed by atoms with E-state index in [9.17, 15) is 0 Å². The predicted octanol–water partition coefficient (Wildman–Crippen LogP) is 3.83. The molecule has 2 rings (SSSR count). The van der Waals surface area contributed by atoms with Crippen LogP contribution in [0.1, 0.15) is 31.2 Å². The first kappa shape index (κ1) is 12.9. The topological polar surface area (TPSA) is 12.5 Å². The van der Waals surface area contributed by atoms with Crippen molar-refractivity contribution in [2.45, 2.75) is 38.3 Å². The molecule has 3 heteroatoms. The lowest BCUT2D eigenvalue weighted by Gasteiger charge is -2.24. The zero-order chi connectivity index (χ0) is 12.3. The van der Waals surface area contributed by atoms with Gasteiger partial charge in [0.25, 0.3) is 0 Å². The van der Waals surface area contributed by atoms with Crippen molar-refractivity contribution in [1.82, 2.24) is 4.90 Å². The second kappa shape index (κ2) is 5.87. The van der Waals surface area contributed by atoms with Crippen LogP contribution in [0.2, 0.25) is 0 Å². The second-order valence-corrected chi connectivity index (χ2v) is 5.67. The summed E-state index contributed by atoms with van der Waals surface area (Å²) in [6.07, 6.45) is 5.46. The summed E-state index contributed by atoms with van der Waals surface area (Å²) in [6.45, 7) is 0.989. The van der Waals surface area contributed by atoms with E-state index in [0.717, 1.165) is 18.3 Å². The Hall–Kier alpha value is -0.540. The van der Waals surface area contributed by atoms with E-state index in [1.54, 1.807) is 7.11 Å². The van der Waals surface area contributed by atoms with Crippen LogP contribution in [0.3, 0.4) is 0 Å². The maximum atomic E-state index is 5.28. The normalized spacial score (nSPS) is 16.7. The van der Waals surface area contributed by atoms with Crippen LogP contribution in [0.4, 0.5) is 0 Å². The van der Waals surface area contributed by atoms with Crippen molar-refractivity contribution in [1.29, 1.82) is 0 Å². The van der Waals surface area contributed by atoms with E-state index in [0.29, 0.717) is 0 Å². The summed E-state index contributed by atoms with van der Waals surface area (Å²) in [5.74, 6) is 0.933. The van der Waals surface area contributed by atoms with Crippen LogP contribution in [-0.4, -0.2) is 25.1 Å². The quantitative estimate of drug-likeness (QED) is 0.837. The molecule has 94 valence electrons. The Kier molecular flexibility index (Phi) is 4.46. The van der Waals surface area contributed by atoms with Crippen molar-refractivity contribution in [2.24, 2.45) is 0 Å². The van der Waals surface area contributed by atoms with Gasteiger partial charge in [0, 0.05) is 17.1 Å². The Labute approximate surface area is 112 Å². The number of rotatable bonds is 4. The summed E-state index contributed by atoms with van der Waals surface area (Å²) in [7, 11) is 3.94. The van der Waals surface area contributed by atoms with Crippen LogP contribution < -0.4 is 4.74 Å². The molecule has 0 aliphatic heterocycles. The molecule has 1 aromatic carbocycles. The maximum absolute atomic E-state index is 5.28. The van der Waals surface area contributed by atoms with Gasteiger partial charge in [0.15, 0.2) is 0 Å². The summed E-state index contributed by atoms with van der Waals surface area (Å²) in [5, 5.41) is 0. The van der Waals surface area contributed by atoms with Crippen molar-refractivity contribution in [2.75, 3.05) is 14.2 Å². The van der Waals surface area contributed by atoms with Crippen LogP contribution in [0.5, 0.6) is 5.75 Å². The fourth-order valence-corrected chi connectivity index (χ4v) is 2.91. The Bertz CT molecular complexity index is 374. The van der Waals surface area contributed by atoms with Gasteiger partial charge >= 0.3 is 0 Å². The van der Waals surface area contributed by atoms with Gasteiger partial charge in [0.05, 0.1) is 7.11 Å². The van der Waals surface area contributed by atoms with Crippen LogP contribution in [0.15, 0.2) is 22.7 Å². The van der Waals surface area contributed by atoms with Gasteiger partial charge in [0.1, 0.15) is 5.75 Å². The van der Waals surface area contributed by atoms with E-state index in [1.807, 2.05) is 6.07 Å². The average molecular weight is 298 g/mol. The highest BCUT2D eigenvalue weighted by molar-refractivity contribution is 9.10. The van der Waals surface area contributed by atoms with Crippen LogP contribution in [0.25, 0.3) is 0 Å². The van der Waals surface area contributed by atoms with Crippen molar-refractivity contribution in [3.63, 3.8) is 0 Å². The third-order valence-corrected chi connectivity index (χ3v) is 4.39. The molecule has 0 amide bonds. The van der Waals surface area contributed by atoms with Gasteiger partial charge in [-0.2, -0.15) is 0 Å². The Morgan fingerprint density at radius 3 is 2.71 bits per heavy atom. The van der Waals surface area contributed by atoms with Gasteiger partial charge in [-0.15, -0.1) is 0 Å². The van der Waals surface area contributed by atoms with Crippen LogP contribution in [0, 0.1) is 0 Å². The molecule has 0 spiro atoms. The van der Waals surface area contributed by atoms with Crippen LogP contribution in [-0.2, 0) is 6.54 Å². The summed E-state index contributed by atoms with van der Waals surface area (Å²) < 4.78 is 6.45. The van der Waals surface area contributed by atoms with Crippen molar-refractivity contribution in [3.05, 3.63) is 28.2 Å². The number of hydrogen-bond acceptors (Lipinski definition) is 2. The zero-order valence-corrected chi connectivity index (χ0v) is 12.2. The number of benzene rings is 1. The molecule has 2 nitrogen and oxygen atoms in total. The standard InChI is InChI=1S/C14H20BrNO/c1-16(12-5-3-4-6-12)10-11-9-13(17-2)7-8-14(11)15/h7-9,12H,3-6,10H2,1-2H3. The summed E-state index contributed by atoms with van der Waals surface area (Å²) in [5.41, 5.74) is 1.30. The number of nitrogens with zero attached hydrogens (tertiary/aromatic N) is 1. The lowest BCUT2D eigenvalue weighted by Crippen LogP contribution is -2.28. The Morgan fingerprint density at radius 1 is 1.35 bits per heavy atom. The fraction of sp³-hybridized carbons (Fsp3) is 0.571. The highest BCUT2D eigenvalue weighted by Gasteiger charge is 2.20. The van der Waals surface area contributed by atoms with E-state index < -0.39 is 0 Å². The number of halogens is 1. The molecule has 0 atom stereocenters. The van der Waals surface area contributed by atoms with E-state index >= 15 is 0 Å². The van der Waals surface area contributed by atoms with Gasteiger partial charge in [0.2, 0.25) is 0 Å². The van der Waals surface area contributed by atoms with E-state index in [1.165, 1.54) is 35.7 Å². The number of hydrogen-bond donors (Lipinski definition) is 0. The molecular weight excluding hydrogens is 278 g/mol. The molecule has 0 aromatic heterocycles. The molecule has 1 aromatic rings. The Morgan fingerprint density at radius 2 is 2.06 bits per heavy atom. The first-order chi connectivity index (χ1) is 8.20. The SMILES string of the molecule is COc1ccc(Br)c(CN(C)C2CCCC2)c1. The molecule has 0 unspecified atom stereocenters. The third kappa shape index (κ3) is 3.23. The minimum absolute atomic E-state index is 0.758. The number of methoxy groups -OCH3 is 1. The summed E-state index contributed by atoms with van der Waals surface area (Å²) in [4.78, 5) is 2.46. The molecule has 0 radical (unpaired) electrons. The van der Waals surface area contributed by atoms with Gasteiger partial charge in [-0.05, 0) is 43.7 Å². The van der Waals surface area contributed by atoms with Gasteiger partial charge in [-0.3, -0.25) is 4.90 Å². The highest BCUT2D eigenvalue weighted by atomic mass is 79.9. The third-order valence-electron chi connectivity index (χ3n) is 3.62. The monoisotopic (exact) mass is 297 g/mol. The molecule has 0 saturated heterocycles. The molecule has 1 saturated carbocycles. The zero-order valence-electron chi connectivity index (χ0n) is 10.6. The van der Waals surface area contributed by atoms with E-state index in [4.69, 9.17) is 4.74 Å². The average Bonchev–Trinajstić information content (AvgIpc) is 2.85. The minimum Gasteiger partial charge on any atom is -0.497 e.